The fourth-order valence-corrected chi connectivity index (χ4v) is 2.30. The summed E-state index contributed by atoms with van der Waals surface area (Å²) in [6.07, 6.45) is 9.02. The molecule has 0 radical (unpaired) electrons. The topological polar surface area (TPSA) is 46.1 Å². The first-order valence-corrected chi connectivity index (χ1v) is 6.35. The molecular weight excluding hydrogens is 214 g/mol. The Morgan fingerprint density at radius 2 is 2.24 bits per heavy atom. The van der Waals surface area contributed by atoms with Crippen molar-refractivity contribution in [3.05, 3.63) is 24.0 Å². The van der Waals surface area contributed by atoms with Crippen molar-refractivity contribution in [3.63, 3.8) is 0 Å². The summed E-state index contributed by atoms with van der Waals surface area (Å²) in [5.74, 6) is 0.0840. The number of nitrogens with zero attached hydrogens (tertiary/aromatic N) is 1. The number of hydrogen-bond donors (Lipinski definition) is 2. The molecule has 0 unspecified atom stereocenters. The van der Waals surface area contributed by atoms with Crippen LogP contribution < -0.4 is 10.6 Å². The summed E-state index contributed by atoms with van der Waals surface area (Å²) in [7, 11) is 1.98. The van der Waals surface area contributed by atoms with E-state index in [0.717, 1.165) is 5.56 Å². The molecule has 17 heavy (non-hydrogen) atoms. The van der Waals surface area contributed by atoms with E-state index < -0.39 is 0 Å². The van der Waals surface area contributed by atoms with Gasteiger partial charge in [-0.15, -0.1) is 0 Å². The standard InChI is InChI=1S/C13H21N3O/c1-16-7-6-11(10-16)8-15-13(17)9-14-12-4-2-3-5-12/h6-7,10,12,14H,2-5,8-9H2,1H3,(H,15,17). The molecule has 1 aliphatic rings. The minimum Gasteiger partial charge on any atom is -0.357 e. The van der Waals surface area contributed by atoms with E-state index in [0.29, 0.717) is 19.1 Å². The molecule has 1 aromatic heterocycles. The van der Waals surface area contributed by atoms with Crippen LogP contribution in [0.25, 0.3) is 0 Å². The van der Waals surface area contributed by atoms with Gasteiger partial charge in [0.05, 0.1) is 6.54 Å². The summed E-state index contributed by atoms with van der Waals surface area (Å²) in [5, 5.41) is 6.23. The summed E-state index contributed by atoms with van der Waals surface area (Å²) >= 11 is 0. The van der Waals surface area contributed by atoms with Crippen LogP contribution in [0, 0.1) is 0 Å². The Morgan fingerprint density at radius 1 is 1.47 bits per heavy atom. The van der Waals surface area contributed by atoms with Crippen LogP contribution in [-0.4, -0.2) is 23.1 Å². The summed E-state index contributed by atoms with van der Waals surface area (Å²) < 4.78 is 1.98. The molecule has 0 aliphatic heterocycles. The monoisotopic (exact) mass is 235 g/mol. The third-order valence-corrected chi connectivity index (χ3v) is 3.29. The van der Waals surface area contributed by atoms with E-state index in [9.17, 15) is 4.79 Å². The van der Waals surface area contributed by atoms with Crippen molar-refractivity contribution >= 4 is 5.91 Å². The highest BCUT2D eigenvalue weighted by atomic mass is 16.1. The quantitative estimate of drug-likeness (QED) is 0.805. The molecule has 1 amide bonds. The first kappa shape index (κ1) is 12.2. The lowest BCUT2D eigenvalue weighted by Crippen LogP contribution is -2.37. The number of amides is 1. The maximum absolute atomic E-state index is 11.6. The molecule has 1 heterocycles. The van der Waals surface area contributed by atoms with Gasteiger partial charge in [-0.2, -0.15) is 0 Å². The number of carbonyl (C=O) groups excluding carboxylic acids is 1. The summed E-state index contributed by atoms with van der Waals surface area (Å²) in [5.41, 5.74) is 1.14. The van der Waals surface area contributed by atoms with Crippen molar-refractivity contribution in [3.8, 4) is 0 Å². The molecule has 0 saturated heterocycles. The third-order valence-electron chi connectivity index (χ3n) is 3.29. The smallest absolute Gasteiger partial charge is 0.234 e. The Kier molecular flexibility index (Phi) is 4.20. The van der Waals surface area contributed by atoms with Crippen molar-refractivity contribution in [1.29, 1.82) is 0 Å². The van der Waals surface area contributed by atoms with Gasteiger partial charge >= 0.3 is 0 Å². The third kappa shape index (κ3) is 3.89. The van der Waals surface area contributed by atoms with E-state index in [1.807, 2.05) is 30.1 Å². The van der Waals surface area contributed by atoms with Crippen LogP contribution in [0.1, 0.15) is 31.2 Å². The molecular formula is C13H21N3O. The highest BCUT2D eigenvalue weighted by Crippen LogP contribution is 2.17. The van der Waals surface area contributed by atoms with Crippen LogP contribution in [0.4, 0.5) is 0 Å². The highest BCUT2D eigenvalue weighted by Gasteiger charge is 2.14. The molecule has 94 valence electrons. The minimum atomic E-state index is 0.0840. The second-order valence-corrected chi connectivity index (χ2v) is 4.82. The van der Waals surface area contributed by atoms with Crippen LogP contribution in [-0.2, 0) is 18.4 Å². The second-order valence-electron chi connectivity index (χ2n) is 4.82. The maximum Gasteiger partial charge on any atom is 0.234 e. The molecule has 0 atom stereocenters. The number of aromatic nitrogens is 1. The Morgan fingerprint density at radius 3 is 2.88 bits per heavy atom. The van der Waals surface area contributed by atoms with E-state index in [1.54, 1.807) is 0 Å². The van der Waals surface area contributed by atoms with E-state index >= 15 is 0 Å². The van der Waals surface area contributed by atoms with Gasteiger partial charge < -0.3 is 15.2 Å². The van der Waals surface area contributed by atoms with E-state index in [2.05, 4.69) is 10.6 Å². The number of carbonyl (C=O) groups is 1. The van der Waals surface area contributed by atoms with E-state index in [-0.39, 0.29) is 5.91 Å². The molecule has 1 aromatic rings. The summed E-state index contributed by atoms with van der Waals surface area (Å²) in [6, 6.07) is 2.57. The van der Waals surface area contributed by atoms with Gasteiger partial charge in [0.2, 0.25) is 5.91 Å². The van der Waals surface area contributed by atoms with Crippen molar-refractivity contribution in [2.24, 2.45) is 7.05 Å². The first-order chi connectivity index (χ1) is 8.24. The molecule has 0 bridgehead atoms. The molecule has 1 saturated carbocycles. The van der Waals surface area contributed by atoms with Gasteiger partial charge in [0.1, 0.15) is 0 Å². The van der Waals surface area contributed by atoms with Gasteiger partial charge in [-0.1, -0.05) is 12.8 Å². The van der Waals surface area contributed by atoms with Crippen LogP contribution in [0.2, 0.25) is 0 Å². The minimum absolute atomic E-state index is 0.0840. The molecule has 1 aliphatic carbocycles. The van der Waals surface area contributed by atoms with Gasteiger partial charge in [0.25, 0.3) is 0 Å². The molecule has 1 fully saturated rings. The molecule has 2 N–H and O–H groups in total. The summed E-state index contributed by atoms with van der Waals surface area (Å²) in [6.45, 7) is 1.06. The van der Waals surface area contributed by atoms with Crippen LogP contribution in [0.5, 0.6) is 0 Å². The lowest BCUT2D eigenvalue weighted by atomic mass is 10.2. The SMILES string of the molecule is Cn1ccc(CNC(=O)CNC2CCCC2)c1. The van der Waals surface area contributed by atoms with Crippen molar-refractivity contribution < 1.29 is 4.79 Å². The van der Waals surface area contributed by atoms with Crippen LogP contribution in [0.3, 0.4) is 0 Å². The van der Waals surface area contributed by atoms with Gasteiger partial charge in [-0.05, 0) is 24.5 Å². The molecule has 4 heteroatoms. The van der Waals surface area contributed by atoms with Gasteiger partial charge in [0, 0.05) is 32.0 Å². The van der Waals surface area contributed by atoms with Crippen molar-refractivity contribution in [1.82, 2.24) is 15.2 Å². The van der Waals surface area contributed by atoms with Crippen LogP contribution >= 0.6 is 0 Å². The zero-order valence-electron chi connectivity index (χ0n) is 10.4. The van der Waals surface area contributed by atoms with Gasteiger partial charge in [0.15, 0.2) is 0 Å². The zero-order chi connectivity index (χ0) is 12.1. The Labute approximate surface area is 102 Å². The Hall–Kier alpha value is -1.29. The molecule has 4 nitrogen and oxygen atoms in total. The first-order valence-electron chi connectivity index (χ1n) is 6.35. The molecule has 2 rings (SSSR count). The molecule has 0 spiro atoms. The van der Waals surface area contributed by atoms with Gasteiger partial charge in [-0.25, -0.2) is 0 Å². The average molecular weight is 235 g/mol. The van der Waals surface area contributed by atoms with Gasteiger partial charge in [-0.3, -0.25) is 4.79 Å². The predicted octanol–water partition coefficient (Wildman–Crippen LogP) is 1.17. The van der Waals surface area contributed by atoms with Crippen LogP contribution in [0.15, 0.2) is 18.5 Å². The maximum atomic E-state index is 11.6. The fraction of sp³-hybridized carbons (Fsp3) is 0.615. The lowest BCUT2D eigenvalue weighted by molar-refractivity contribution is -0.120. The van der Waals surface area contributed by atoms with E-state index in [1.165, 1.54) is 25.7 Å². The zero-order valence-corrected chi connectivity index (χ0v) is 10.4. The summed E-state index contributed by atoms with van der Waals surface area (Å²) in [4.78, 5) is 11.6. The fourth-order valence-electron chi connectivity index (χ4n) is 2.30. The number of hydrogen-bond acceptors (Lipinski definition) is 2. The van der Waals surface area contributed by atoms with Crippen molar-refractivity contribution in [2.45, 2.75) is 38.3 Å². The van der Waals surface area contributed by atoms with E-state index in [4.69, 9.17) is 0 Å². The Bertz CT molecular complexity index is 366. The normalized spacial score (nSPS) is 16.3. The number of rotatable bonds is 5. The number of aryl methyl sites for hydroxylation is 1. The lowest BCUT2D eigenvalue weighted by Gasteiger charge is -2.11. The second kappa shape index (κ2) is 5.87. The highest BCUT2D eigenvalue weighted by molar-refractivity contribution is 5.78. The largest absolute Gasteiger partial charge is 0.357 e. The number of nitrogens with one attached hydrogen (secondary N) is 2. The average Bonchev–Trinajstić information content (AvgIpc) is 2.95. The van der Waals surface area contributed by atoms with Crippen molar-refractivity contribution in [2.75, 3.05) is 6.54 Å². The molecule has 0 aromatic carbocycles. The Balaban J connectivity index is 1.63. The predicted molar refractivity (Wildman–Crippen MR) is 67.5 cm³/mol.